The van der Waals surface area contributed by atoms with Gasteiger partial charge in [0.25, 0.3) is 0 Å². The molecule has 7 heteroatoms. The van der Waals surface area contributed by atoms with E-state index in [0.717, 1.165) is 12.1 Å². The molecule has 0 aliphatic rings. The fourth-order valence-electron chi connectivity index (χ4n) is 1.66. The van der Waals surface area contributed by atoms with Gasteiger partial charge in [-0.3, -0.25) is 4.21 Å². The van der Waals surface area contributed by atoms with Crippen molar-refractivity contribution in [3.8, 4) is 0 Å². The van der Waals surface area contributed by atoms with E-state index in [0.29, 0.717) is 4.90 Å². The lowest BCUT2D eigenvalue weighted by Crippen LogP contribution is -2.27. The van der Waals surface area contributed by atoms with Gasteiger partial charge in [-0.25, -0.2) is 17.5 Å². The standard InChI is InChI=1S/C14H14FNO3S2/c15-12-6-8-14(9-7-12)21(18,19)16-10-11-20(17)13-4-2-1-3-5-13/h1-9,16H,10-11H2/t20-/m1/s1. The quantitative estimate of drug-likeness (QED) is 0.881. The molecule has 0 spiro atoms. The summed E-state index contributed by atoms with van der Waals surface area (Å²) in [6.07, 6.45) is 0. The van der Waals surface area contributed by atoms with Crippen molar-refractivity contribution in [3.63, 3.8) is 0 Å². The summed E-state index contributed by atoms with van der Waals surface area (Å²) in [6, 6.07) is 13.4. The van der Waals surface area contributed by atoms with Crippen molar-refractivity contribution in [2.24, 2.45) is 0 Å². The van der Waals surface area contributed by atoms with E-state index in [1.807, 2.05) is 6.07 Å². The molecule has 2 aromatic carbocycles. The smallest absolute Gasteiger partial charge is 0.240 e. The molecule has 0 bridgehead atoms. The number of hydrogen-bond donors (Lipinski definition) is 1. The minimum atomic E-state index is -3.71. The molecule has 0 unspecified atom stereocenters. The lowest BCUT2D eigenvalue weighted by atomic mass is 10.4. The molecule has 2 aromatic rings. The predicted octanol–water partition coefficient (Wildman–Crippen LogP) is 1.91. The molecule has 0 radical (unpaired) electrons. The molecule has 0 aliphatic carbocycles. The monoisotopic (exact) mass is 327 g/mol. The fourth-order valence-corrected chi connectivity index (χ4v) is 3.80. The Bertz CT molecular complexity index is 716. The van der Waals surface area contributed by atoms with Crippen LogP contribution in [0.25, 0.3) is 0 Å². The third kappa shape index (κ3) is 4.45. The van der Waals surface area contributed by atoms with E-state index in [9.17, 15) is 17.0 Å². The third-order valence-corrected chi connectivity index (χ3v) is 5.56. The van der Waals surface area contributed by atoms with Crippen LogP contribution in [0.2, 0.25) is 0 Å². The van der Waals surface area contributed by atoms with E-state index in [-0.39, 0.29) is 17.2 Å². The van der Waals surface area contributed by atoms with E-state index in [4.69, 9.17) is 0 Å². The summed E-state index contributed by atoms with van der Waals surface area (Å²) in [5.74, 6) is -0.330. The molecular weight excluding hydrogens is 313 g/mol. The van der Waals surface area contributed by atoms with Gasteiger partial charge in [0.05, 0.1) is 15.7 Å². The molecular formula is C14H14FNO3S2. The minimum Gasteiger partial charge on any atom is -0.254 e. The average Bonchev–Trinajstić information content (AvgIpc) is 2.48. The number of nitrogens with one attached hydrogen (secondary N) is 1. The molecule has 0 aromatic heterocycles. The zero-order chi connectivity index (χ0) is 15.3. The molecule has 0 aliphatic heterocycles. The van der Waals surface area contributed by atoms with Crippen LogP contribution in [0.1, 0.15) is 0 Å². The molecule has 4 nitrogen and oxygen atoms in total. The lowest BCUT2D eigenvalue weighted by Gasteiger charge is -2.07. The molecule has 2 rings (SSSR count). The van der Waals surface area contributed by atoms with Gasteiger partial charge < -0.3 is 0 Å². The van der Waals surface area contributed by atoms with E-state index in [1.165, 1.54) is 12.1 Å². The van der Waals surface area contributed by atoms with Crippen LogP contribution in [-0.2, 0) is 20.8 Å². The van der Waals surface area contributed by atoms with Crippen molar-refractivity contribution >= 4 is 20.8 Å². The van der Waals surface area contributed by atoms with E-state index in [2.05, 4.69) is 4.72 Å². The first kappa shape index (κ1) is 15.8. The number of benzene rings is 2. The maximum Gasteiger partial charge on any atom is 0.240 e. The minimum absolute atomic E-state index is 0.0191. The van der Waals surface area contributed by atoms with Crippen molar-refractivity contribution in [3.05, 3.63) is 60.4 Å². The van der Waals surface area contributed by atoms with Gasteiger partial charge in [-0.15, -0.1) is 0 Å². The zero-order valence-corrected chi connectivity index (χ0v) is 12.7. The van der Waals surface area contributed by atoms with Crippen LogP contribution in [-0.4, -0.2) is 24.9 Å². The summed E-state index contributed by atoms with van der Waals surface area (Å²) in [6.45, 7) is 0.0429. The largest absolute Gasteiger partial charge is 0.254 e. The first-order valence-corrected chi connectivity index (χ1v) is 8.98. The zero-order valence-electron chi connectivity index (χ0n) is 11.0. The SMILES string of the molecule is O=[S@](CCNS(=O)(=O)c1ccc(F)cc1)c1ccccc1. The Balaban J connectivity index is 1.94. The van der Waals surface area contributed by atoms with Crippen molar-refractivity contribution in [1.29, 1.82) is 0 Å². The van der Waals surface area contributed by atoms with Crippen molar-refractivity contribution in [2.75, 3.05) is 12.3 Å². The Hall–Kier alpha value is -1.57. The van der Waals surface area contributed by atoms with Gasteiger partial charge in [-0.05, 0) is 36.4 Å². The van der Waals surface area contributed by atoms with Gasteiger partial charge >= 0.3 is 0 Å². The second kappa shape index (κ2) is 6.93. The molecule has 1 N–H and O–H groups in total. The highest BCUT2D eigenvalue weighted by Crippen LogP contribution is 2.10. The summed E-state index contributed by atoms with van der Waals surface area (Å²) in [4.78, 5) is 0.632. The third-order valence-electron chi connectivity index (χ3n) is 2.71. The number of halogens is 1. The second-order valence-electron chi connectivity index (χ2n) is 4.21. The number of sulfonamides is 1. The molecule has 0 amide bonds. The molecule has 1 atom stereocenters. The summed E-state index contributed by atoms with van der Waals surface area (Å²) in [5, 5.41) is 0. The van der Waals surface area contributed by atoms with Gasteiger partial charge in [-0.1, -0.05) is 18.2 Å². The Morgan fingerprint density at radius 1 is 1.00 bits per heavy atom. The van der Waals surface area contributed by atoms with Crippen LogP contribution in [0.4, 0.5) is 4.39 Å². The van der Waals surface area contributed by atoms with Crippen molar-refractivity contribution in [1.82, 2.24) is 4.72 Å². The molecule has 21 heavy (non-hydrogen) atoms. The van der Waals surface area contributed by atoms with Gasteiger partial charge in [-0.2, -0.15) is 0 Å². The Morgan fingerprint density at radius 3 is 2.24 bits per heavy atom. The van der Waals surface area contributed by atoms with Crippen LogP contribution in [0, 0.1) is 5.82 Å². The summed E-state index contributed by atoms with van der Waals surface area (Å²) < 4.78 is 50.9. The highest BCUT2D eigenvalue weighted by molar-refractivity contribution is 7.89. The summed E-state index contributed by atoms with van der Waals surface area (Å²) >= 11 is 0. The van der Waals surface area contributed by atoms with E-state index in [1.54, 1.807) is 24.3 Å². The number of rotatable bonds is 6. The predicted molar refractivity (Wildman–Crippen MR) is 79.3 cm³/mol. The molecule has 0 saturated carbocycles. The Morgan fingerprint density at radius 2 is 1.62 bits per heavy atom. The molecule has 0 heterocycles. The van der Waals surface area contributed by atoms with Gasteiger partial charge in [0.1, 0.15) is 5.82 Å². The van der Waals surface area contributed by atoms with Crippen LogP contribution in [0.15, 0.2) is 64.4 Å². The van der Waals surface area contributed by atoms with Gasteiger partial charge in [0, 0.05) is 17.2 Å². The van der Waals surface area contributed by atoms with E-state index >= 15 is 0 Å². The fraction of sp³-hybridized carbons (Fsp3) is 0.143. The van der Waals surface area contributed by atoms with Crippen LogP contribution in [0.5, 0.6) is 0 Å². The average molecular weight is 327 g/mol. The first-order chi connectivity index (χ1) is 9.99. The number of hydrogen-bond acceptors (Lipinski definition) is 3. The normalized spacial score (nSPS) is 13.0. The Kier molecular flexibility index (Phi) is 5.22. The molecule has 0 fully saturated rings. The maximum absolute atomic E-state index is 12.8. The van der Waals surface area contributed by atoms with Gasteiger partial charge in [0.2, 0.25) is 10.0 Å². The van der Waals surface area contributed by atoms with Crippen LogP contribution >= 0.6 is 0 Å². The summed E-state index contributed by atoms with van der Waals surface area (Å²) in [5.41, 5.74) is 0. The highest BCUT2D eigenvalue weighted by atomic mass is 32.2. The lowest BCUT2D eigenvalue weighted by molar-refractivity contribution is 0.583. The van der Waals surface area contributed by atoms with E-state index < -0.39 is 26.6 Å². The molecule has 112 valence electrons. The van der Waals surface area contributed by atoms with Crippen molar-refractivity contribution < 1.29 is 17.0 Å². The van der Waals surface area contributed by atoms with Crippen LogP contribution < -0.4 is 4.72 Å². The molecule has 0 saturated heterocycles. The Labute approximate surface area is 125 Å². The maximum atomic E-state index is 12.8. The second-order valence-corrected chi connectivity index (χ2v) is 7.55. The topological polar surface area (TPSA) is 63.2 Å². The van der Waals surface area contributed by atoms with Crippen molar-refractivity contribution in [2.45, 2.75) is 9.79 Å². The first-order valence-electron chi connectivity index (χ1n) is 6.18. The van der Waals surface area contributed by atoms with Gasteiger partial charge in [0.15, 0.2) is 0 Å². The highest BCUT2D eigenvalue weighted by Gasteiger charge is 2.14. The summed E-state index contributed by atoms with van der Waals surface area (Å²) in [7, 11) is -4.97. The van der Waals surface area contributed by atoms with Crippen LogP contribution in [0.3, 0.4) is 0 Å².